The maximum absolute atomic E-state index is 12.2. The van der Waals surface area contributed by atoms with Gasteiger partial charge in [0.05, 0.1) is 12.7 Å². The fourth-order valence-corrected chi connectivity index (χ4v) is 2.42. The predicted octanol–water partition coefficient (Wildman–Crippen LogP) is 3.85. The van der Waals surface area contributed by atoms with Crippen LogP contribution in [0.3, 0.4) is 0 Å². The van der Waals surface area contributed by atoms with Crippen molar-refractivity contribution in [1.82, 2.24) is 0 Å². The maximum Gasteiger partial charge on any atom is 0.347 e. The van der Waals surface area contributed by atoms with Gasteiger partial charge in [0, 0.05) is 5.02 Å². The fourth-order valence-electron chi connectivity index (χ4n) is 2.19. The molecule has 0 saturated heterocycles. The van der Waals surface area contributed by atoms with Gasteiger partial charge in [-0.05, 0) is 49.7 Å². The summed E-state index contributed by atoms with van der Waals surface area (Å²) in [6.07, 6.45) is -0.856. The first-order valence-electron chi connectivity index (χ1n) is 7.68. The lowest BCUT2D eigenvalue weighted by Gasteiger charge is -2.15. The molecule has 0 amide bonds. The minimum absolute atomic E-state index is 0.347. The Morgan fingerprint density at radius 1 is 1.12 bits per heavy atom. The van der Waals surface area contributed by atoms with Crippen LogP contribution in [0.1, 0.15) is 22.8 Å². The van der Waals surface area contributed by atoms with E-state index in [1.165, 1.54) is 7.11 Å². The van der Waals surface area contributed by atoms with Crippen molar-refractivity contribution < 1.29 is 23.8 Å². The third kappa shape index (κ3) is 4.97. The topological polar surface area (TPSA) is 61.8 Å². The molecule has 25 heavy (non-hydrogen) atoms. The molecule has 1 atom stereocenters. The molecule has 2 rings (SSSR count). The van der Waals surface area contributed by atoms with Crippen LogP contribution in [-0.4, -0.2) is 31.6 Å². The van der Waals surface area contributed by atoms with Crippen LogP contribution in [0.25, 0.3) is 0 Å². The summed E-state index contributed by atoms with van der Waals surface area (Å²) in [5, 5.41) is 0.586. The van der Waals surface area contributed by atoms with Gasteiger partial charge in [0.15, 0.2) is 12.7 Å². The van der Waals surface area contributed by atoms with Crippen molar-refractivity contribution in [3.8, 4) is 11.5 Å². The first-order valence-corrected chi connectivity index (χ1v) is 8.06. The highest BCUT2D eigenvalue weighted by Gasteiger charge is 2.20. The summed E-state index contributed by atoms with van der Waals surface area (Å²) in [5.41, 5.74) is 1.16. The quantitative estimate of drug-likeness (QED) is 0.553. The second kappa shape index (κ2) is 8.53. The van der Waals surface area contributed by atoms with Crippen molar-refractivity contribution in [3.05, 3.63) is 58.6 Å². The van der Waals surface area contributed by atoms with Gasteiger partial charge in [-0.1, -0.05) is 23.7 Å². The summed E-state index contributed by atoms with van der Waals surface area (Å²) in [6, 6.07) is 11.9. The lowest BCUT2D eigenvalue weighted by atomic mass is 10.1. The average Bonchev–Trinajstić information content (AvgIpc) is 2.61. The predicted molar refractivity (Wildman–Crippen MR) is 94.6 cm³/mol. The Labute approximate surface area is 151 Å². The minimum atomic E-state index is -0.856. The second-order valence-electron chi connectivity index (χ2n) is 5.40. The molecule has 6 heteroatoms. The summed E-state index contributed by atoms with van der Waals surface area (Å²) < 4.78 is 15.8. The summed E-state index contributed by atoms with van der Waals surface area (Å²) >= 11 is 5.89. The number of para-hydroxylation sites is 1. The summed E-state index contributed by atoms with van der Waals surface area (Å²) in [7, 11) is 1.47. The molecular weight excluding hydrogens is 344 g/mol. The molecule has 0 bridgehead atoms. The summed E-state index contributed by atoms with van der Waals surface area (Å²) in [6.45, 7) is 3.00. The highest BCUT2D eigenvalue weighted by molar-refractivity contribution is 6.30. The molecule has 0 aliphatic heterocycles. The van der Waals surface area contributed by atoms with Gasteiger partial charge in [0.25, 0.3) is 0 Å². The third-order valence-electron chi connectivity index (χ3n) is 3.53. The number of halogens is 1. The number of methoxy groups -OCH3 is 1. The van der Waals surface area contributed by atoms with Gasteiger partial charge in [0.1, 0.15) is 11.5 Å². The lowest BCUT2D eigenvalue weighted by molar-refractivity contribution is -0.149. The molecule has 132 valence electrons. The Morgan fingerprint density at radius 2 is 1.84 bits per heavy atom. The van der Waals surface area contributed by atoms with Crippen molar-refractivity contribution in [2.24, 2.45) is 0 Å². The second-order valence-corrected chi connectivity index (χ2v) is 5.84. The molecule has 0 fully saturated rings. The SMILES string of the molecule is COc1ccccc1C(=O)COC(=O)C(C)Oc1ccc(Cl)cc1C. The van der Waals surface area contributed by atoms with Gasteiger partial charge >= 0.3 is 5.97 Å². The van der Waals surface area contributed by atoms with Crippen molar-refractivity contribution in [3.63, 3.8) is 0 Å². The Balaban J connectivity index is 1.94. The molecular formula is C19H19ClO5. The van der Waals surface area contributed by atoms with E-state index in [2.05, 4.69) is 0 Å². The number of ether oxygens (including phenoxy) is 3. The zero-order valence-corrected chi connectivity index (χ0v) is 15.0. The van der Waals surface area contributed by atoms with E-state index >= 15 is 0 Å². The van der Waals surface area contributed by atoms with Crippen LogP contribution in [0.15, 0.2) is 42.5 Å². The van der Waals surface area contributed by atoms with E-state index in [9.17, 15) is 9.59 Å². The molecule has 2 aromatic rings. The molecule has 0 heterocycles. The number of carbonyl (C=O) groups is 2. The summed E-state index contributed by atoms with van der Waals surface area (Å²) in [5.74, 6) is -0.00665. The van der Waals surface area contributed by atoms with Crippen molar-refractivity contribution >= 4 is 23.4 Å². The van der Waals surface area contributed by atoms with Gasteiger partial charge in [-0.25, -0.2) is 4.79 Å². The standard InChI is InChI=1S/C19H19ClO5/c1-12-10-14(20)8-9-17(12)25-13(2)19(22)24-11-16(21)15-6-4-5-7-18(15)23-3/h4-10,13H,11H2,1-3H3. The molecule has 1 unspecified atom stereocenters. The maximum atomic E-state index is 12.2. The molecule has 0 radical (unpaired) electrons. The molecule has 0 saturated carbocycles. The smallest absolute Gasteiger partial charge is 0.347 e. The van der Waals surface area contributed by atoms with Crippen molar-refractivity contribution in [2.45, 2.75) is 20.0 Å². The molecule has 5 nitrogen and oxygen atoms in total. The Hall–Kier alpha value is -2.53. The van der Waals surface area contributed by atoms with Crippen LogP contribution in [0.5, 0.6) is 11.5 Å². The first-order chi connectivity index (χ1) is 11.9. The van der Waals surface area contributed by atoms with Gasteiger partial charge in [-0.15, -0.1) is 0 Å². The fraction of sp³-hybridized carbons (Fsp3) is 0.263. The number of esters is 1. The lowest BCUT2D eigenvalue weighted by Crippen LogP contribution is -2.28. The van der Waals surface area contributed by atoms with Crippen LogP contribution >= 0.6 is 11.6 Å². The number of carbonyl (C=O) groups excluding carboxylic acids is 2. The number of aryl methyl sites for hydroxylation is 1. The van der Waals surface area contributed by atoms with E-state index < -0.39 is 12.1 Å². The Bertz CT molecular complexity index is 772. The van der Waals surface area contributed by atoms with Gasteiger partial charge in [-0.3, -0.25) is 4.79 Å². The van der Waals surface area contributed by atoms with Crippen LogP contribution in [0.4, 0.5) is 0 Å². The normalized spacial score (nSPS) is 11.5. The number of hydrogen-bond donors (Lipinski definition) is 0. The van der Waals surface area contributed by atoms with Gasteiger partial charge in [-0.2, -0.15) is 0 Å². The monoisotopic (exact) mass is 362 g/mol. The number of ketones is 1. The van der Waals surface area contributed by atoms with Crippen LogP contribution in [0, 0.1) is 6.92 Å². The van der Waals surface area contributed by atoms with E-state index in [4.69, 9.17) is 25.8 Å². The average molecular weight is 363 g/mol. The van der Waals surface area contributed by atoms with Crippen LogP contribution in [0.2, 0.25) is 5.02 Å². The van der Waals surface area contributed by atoms with E-state index in [0.29, 0.717) is 22.1 Å². The molecule has 0 aliphatic carbocycles. The first kappa shape index (κ1) is 18.8. The van der Waals surface area contributed by atoms with E-state index in [1.54, 1.807) is 49.4 Å². The minimum Gasteiger partial charge on any atom is -0.496 e. The van der Waals surface area contributed by atoms with Crippen LogP contribution < -0.4 is 9.47 Å². The molecule has 0 aromatic heterocycles. The largest absolute Gasteiger partial charge is 0.496 e. The van der Waals surface area contributed by atoms with Gasteiger partial charge < -0.3 is 14.2 Å². The number of rotatable bonds is 7. The van der Waals surface area contributed by atoms with E-state index in [0.717, 1.165) is 5.56 Å². The molecule has 0 N–H and O–H groups in total. The van der Waals surface area contributed by atoms with E-state index in [-0.39, 0.29) is 12.4 Å². The van der Waals surface area contributed by atoms with Crippen molar-refractivity contribution in [1.29, 1.82) is 0 Å². The zero-order valence-electron chi connectivity index (χ0n) is 14.2. The number of Topliss-reactive ketones (excluding diaryl/α,β-unsaturated/α-hetero) is 1. The third-order valence-corrected chi connectivity index (χ3v) is 3.76. The zero-order chi connectivity index (χ0) is 18.4. The highest BCUT2D eigenvalue weighted by atomic mass is 35.5. The molecule has 0 aliphatic rings. The summed E-state index contributed by atoms with van der Waals surface area (Å²) in [4.78, 5) is 24.2. The number of benzene rings is 2. The number of hydrogen-bond acceptors (Lipinski definition) is 5. The molecule has 2 aromatic carbocycles. The van der Waals surface area contributed by atoms with E-state index in [1.807, 2.05) is 6.92 Å². The highest BCUT2D eigenvalue weighted by Crippen LogP contribution is 2.23. The van der Waals surface area contributed by atoms with Crippen molar-refractivity contribution in [2.75, 3.05) is 13.7 Å². The molecule has 0 spiro atoms. The Kier molecular flexibility index (Phi) is 6.42. The Morgan fingerprint density at radius 3 is 2.52 bits per heavy atom. The van der Waals surface area contributed by atoms with Crippen LogP contribution in [-0.2, 0) is 9.53 Å². The van der Waals surface area contributed by atoms with Gasteiger partial charge in [0.2, 0.25) is 5.78 Å².